The second-order valence-electron chi connectivity index (χ2n) is 1.23. The zero-order chi connectivity index (χ0) is 6.86. The van der Waals surface area contributed by atoms with Crippen LogP contribution < -0.4 is 5.09 Å². The molecule has 6 heteroatoms. The zero-order valence-electron chi connectivity index (χ0n) is 4.17. The Kier molecular flexibility index (Phi) is 1.83. The van der Waals surface area contributed by atoms with Crippen molar-refractivity contribution in [1.29, 1.82) is 0 Å². The van der Waals surface area contributed by atoms with Gasteiger partial charge < -0.3 is 0 Å². The molecule has 0 aromatic heterocycles. The van der Waals surface area contributed by atoms with Crippen LogP contribution in [0.5, 0.6) is 0 Å². The van der Waals surface area contributed by atoms with Gasteiger partial charge in [-0.25, -0.2) is 0 Å². The van der Waals surface area contributed by atoms with Crippen LogP contribution in [0.3, 0.4) is 0 Å². The Morgan fingerprint density at radius 3 is 1.62 bits per heavy atom. The van der Waals surface area contributed by atoms with E-state index >= 15 is 0 Å². The second kappa shape index (κ2) is 1.81. The summed E-state index contributed by atoms with van der Waals surface area (Å²) in [5.41, 5.74) is 0. The van der Waals surface area contributed by atoms with Gasteiger partial charge in [-0.15, -0.1) is 0 Å². The van der Waals surface area contributed by atoms with Gasteiger partial charge in [0, 0.05) is 0 Å². The average Bonchev–Trinajstić information content (AvgIpc) is 1.25. The molecule has 0 aliphatic rings. The fourth-order valence-electron chi connectivity index (χ4n) is 0.239. The van der Waals surface area contributed by atoms with Crippen molar-refractivity contribution in [1.82, 2.24) is 5.09 Å². The molecule has 1 N–H and O–H groups in total. The topological polar surface area (TPSA) is 12.0 Å². The normalized spacial score (nSPS) is 17.4. The van der Waals surface area contributed by atoms with Crippen LogP contribution >= 0.6 is 8.00 Å². The first kappa shape index (κ1) is 8.11. The summed E-state index contributed by atoms with van der Waals surface area (Å²) in [5, 5.41) is 0.825. The molecule has 52 valence electrons. The standard InChI is InChI=1S/C2H6F4NP/c1-2-7-8(3,4,5)6/h7H,2H2,1H3. The summed E-state index contributed by atoms with van der Waals surface area (Å²) in [6, 6.07) is 0. The van der Waals surface area contributed by atoms with Crippen molar-refractivity contribution < 1.29 is 16.8 Å². The fourth-order valence-corrected chi connectivity index (χ4v) is 0.717. The molecule has 0 saturated heterocycles. The van der Waals surface area contributed by atoms with E-state index in [2.05, 4.69) is 0 Å². The summed E-state index contributed by atoms with van der Waals surface area (Å²) < 4.78 is 44.4. The maximum absolute atomic E-state index is 11.1. The Morgan fingerprint density at radius 1 is 1.25 bits per heavy atom. The van der Waals surface area contributed by atoms with Gasteiger partial charge in [-0.2, -0.15) is 0 Å². The molecule has 0 bridgehead atoms. The molecule has 0 aliphatic carbocycles. The SMILES string of the molecule is CCNP(F)(F)(F)F. The van der Waals surface area contributed by atoms with Crippen molar-refractivity contribution in [3.8, 4) is 0 Å². The summed E-state index contributed by atoms with van der Waals surface area (Å²) >= 11 is 0. The second-order valence-corrected chi connectivity index (χ2v) is 2.99. The van der Waals surface area contributed by atoms with E-state index < -0.39 is 14.5 Å². The third kappa shape index (κ3) is 6.11. The quantitative estimate of drug-likeness (QED) is 0.472. The molecule has 0 unspecified atom stereocenters. The molecule has 0 aromatic rings. The Hall–Kier alpha value is 0.110. The van der Waals surface area contributed by atoms with E-state index in [-0.39, 0.29) is 0 Å². The Labute approximate surface area is 44.5 Å². The first-order valence-electron chi connectivity index (χ1n) is 1.96. The number of hydrogen-bond donors (Lipinski definition) is 1. The van der Waals surface area contributed by atoms with Crippen molar-refractivity contribution in [3.05, 3.63) is 0 Å². The van der Waals surface area contributed by atoms with Crippen LogP contribution in [0.15, 0.2) is 0 Å². The fraction of sp³-hybridized carbons (Fsp3) is 1.00. The molecule has 0 fully saturated rings. The monoisotopic (exact) mass is 151 g/mol. The van der Waals surface area contributed by atoms with Gasteiger partial charge in [0.2, 0.25) is 0 Å². The van der Waals surface area contributed by atoms with Gasteiger partial charge in [0.15, 0.2) is 0 Å². The van der Waals surface area contributed by atoms with Gasteiger partial charge in [0.05, 0.1) is 0 Å². The van der Waals surface area contributed by atoms with Crippen molar-refractivity contribution in [2.75, 3.05) is 6.54 Å². The van der Waals surface area contributed by atoms with Crippen molar-refractivity contribution in [3.63, 3.8) is 0 Å². The molecular weight excluding hydrogens is 145 g/mol. The van der Waals surface area contributed by atoms with Crippen molar-refractivity contribution in [2.24, 2.45) is 0 Å². The number of halogens is 4. The van der Waals surface area contributed by atoms with Crippen LogP contribution in [0.25, 0.3) is 0 Å². The van der Waals surface area contributed by atoms with Gasteiger partial charge in [-0.05, 0) is 0 Å². The average molecular weight is 151 g/mol. The van der Waals surface area contributed by atoms with E-state index in [9.17, 15) is 16.8 Å². The Balaban J connectivity index is 3.73. The molecular formula is C2H6F4NP. The van der Waals surface area contributed by atoms with Crippen molar-refractivity contribution in [2.45, 2.75) is 6.92 Å². The van der Waals surface area contributed by atoms with E-state index in [1.54, 1.807) is 0 Å². The molecule has 0 saturated carbocycles. The van der Waals surface area contributed by atoms with E-state index in [4.69, 9.17) is 0 Å². The molecule has 0 rings (SSSR count). The van der Waals surface area contributed by atoms with Crippen molar-refractivity contribution >= 4 is 8.00 Å². The molecule has 0 radical (unpaired) electrons. The van der Waals surface area contributed by atoms with Gasteiger partial charge in [-0.1, -0.05) is 0 Å². The summed E-state index contributed by atoms with van der Waals surface area (Å²) in [7, 11) is -7.35. The minimum absolute atomic E-state index is 0.405. The van der Waals surface area contributed by atoms with Crippen LogP contribution in [0, 0.1) is 0 Å². The summed E-state index contributed by atoms with van der Waals surface area (Å²) in [6.07, 6.45) is 0. The summed E-state index contributed by atoms with van der Waals surface area (Å²) in [5.74, 6) is 0. The van der Waals surface area contributed by atoms with Gasteiger partial charge in [-0.3, -0.25) is 0 Å². The molecule has 8 heavy (non-hydrogen) atoms. The van der Waals surface area contributed by atoms with E-state index in [0.29, 0.717) is 0 Å². The molecule has 0 atom stereocenters. The van der Waals surface area contributed by atoms with E-state index in [1.165, 1.54) is 6.92 Å². The predicted molar refractivity (Wildman–Crippen MR) is 25.0 cm³/mol. The zero-order valence-corrected chi connectivity index (χ0v) is 5.06. The maximum atomic E-state index is 11.1. The summed E-state index contributed by atoms with van der Waals surface area (Å²) in [4.78, 5) is 0. The van der Waals surface area contributed by atoms with Gasteiger partial charge >= 0.3 is 43.3 Å². The van der Waals surface area contributed by atoms with Gasteiger partial charge in [0.25, 0.3) is 0 Å². The third-order valence-corrected chi connectivity index (χ3v) is 1.19. The van der Waals surface area contributed by atoms with Crippen LogP contribution in [0.1, 0.15) is 6.92 Å². The molecule has 0 heterocycles. The van der Waals surface area contributed by atoms with E-state index in [1.807, 2.05) is 0 Å². The molecule has 0 aliphatic heterocycles. The van der Waals surface area contributed by atoms with Crippen LogP contribution in [0.4, 0.5) is 16.8 Å². The molecule has 0 spiro atoms. The molecule has 0 aromatic carbocycles. The van der Waals surface area contributed by atoms with Crippen LogP contribution in [-0.2, 0) is 0 Å². The summed E-state index contributed by atoms with van der Waals surface area (Å²) in [6.45, 7) is 0.789. The first-order valence-corrected chi connectivity index (χ1v) is 3.76. The van der Waals surface area contributed by atoms with Gasteiger partial charge in [0.1, 0.15) is 0 Å². The van der Waals surface area contributed by atoms with E-state index in [0.717, 1.165) is 5.09 Å². The number of nitrogens with one attached hydrogen (secondary N) is 1. The Morgan fingerprint density at radius 2 is 1.62 bits per heavy atom. The molecule has 0 amide bonds. The first-order chi connectivity index (χ1) is 3.31. The number of rotatable bonds is 2. The Bertz CT molecular complexity index is 76.5. The van der Waals surface area contributed by atoms with Crippen LogP contribution in [-0.4, -0.2) is 6.54 Å². The molecule has 1 nitrogen and oxygen atoms in total. The third-order valence-electron chi connectivity index (χ3n) is 0.397. The minimum atomic E-state index is -7.35. The predicted octanol–water partition coefficient (Wildman–Crippen LogP) is 2.60. The van der Waals surface area contributed by atoms with Crippen LogP contribution in [0.2, 0.25) is 0 Å². The number of hydrogen-bond acceptors (Lipinski definition) is 1.